The van der Waals surface area contributed by atoms with E-state index in [2.05, 4.69) is 6.07 Å². The van der Waals surface area contributed by atoms with Crippen molar-refractivity contribution in [3.8, 4) is 17.2 Å². The van der Waals surface area contributed by atoms with Crippen LogP contribution in [0.2, 0.25) is 0 Å². The van der Waals surface area contributed by atoms with Gasteiger partial charge in [0.1, 0.15) is 17.9 Å². The van der Waals surface area contributed by atoms with Crippen molar-refractivity contribution in [2.24, 2.45) is 5.92 Å². The van der Waals surface area contributed by atoms with Gasteiger partial charge in [0.25, 0.3) is 0 Å². The lowest BCUT2D eigenvalue weighted by atomic mass is 9.78. The first-order chi connectivity index (χ1) is 22.9. The summed E-state index contributed by atoms with van der Waals surface area (Å²) in [6.45, 7) is 0.0487. The average Bonchev–Trinajstić information content (AvgIpc) is 3.64. The van der Waals surface area contributed by atoms with Crippen LogP contribution in [0.4, 0.5) is 0 Å². The fourth-order valence-corrected chi connectivity index (χ4v) is 7.82. The maximum absolute atomic E-state index is 14.4. The predicted octanol–water partition coefficient (Wildman–Crippen LogP) is 7.19. The number of piperidine rings is 1. The van der Waals surface area contributed by atoms with Gasteiger partial charge in [-0.3, -0.25) is 4.79 Å². The van der Waals surface area contributed by atoms with E-state index >= 15 is 0 Å². The number of likely N-dealkylation sites (tertiary alicyclic amines) is 1. The third-order valence-corrected chi connectivity index (χ3v) is 10.2. The number of rotatable bonds is 14. The summed E-state index contributed by atoms with van der Waals surface area (Å²) in [5, 5.41) is 11.1. The maximum atomic E-state index is 14.4. The van der Waals surface area contributed by atoms with Gasteiger partial charge < -0.3 is 29.0 Å². The summed E-state index contributed by atoms with van der Waals surface area (Å²) < 4.78 is 22.6. The van der Waals surface area contributed by atoms with Crippen molar-refractivity contribution in [1.29, 1.82) is 0 Å². The van der Waals surface area contributed by atoms with Gasteiger partial charge in [-0.15, -0.1) is 11.3 Å². The molecule has 0 unspecified atom stereocenters. The Morgan fingerprint density at radius 2 is 1.70 bits per heavy atom. The number of esters is 1. The highest BCUT2D eigenvalue weighted by Crippen LogP contribution is 2.40. The molecule has 2 aliphatic rings. The lowest BCUT2D eigenvalue weighted by Gasteiger charge is -2.39. The summed E-state index contributed by atoms with van der Waals surface area (Å²) in [6.07, 6.45) is 8.10. The van der Waals surface area contributed by atoms with E-state index in [0.717, 1.165) is 49.0 Å². The van der Waals surface area contributed by atoms with Crippen molar-refractivity contribution < 1.29 is 38.4 Å². The third kappa shape index (κ3) is 8.86. The summed E-state index contributed by atoms with van der Waals surface area (Å²) in [6, 6.07) is 16.1. The number of methoxy groups -OCH3 is 2. The summed E-state index contributed by atoms with van der Waals surface area (Å²) in [4.78, 5) is 42.5. The lowest BCUT2D eigenvalue weighted by molar-refractivity contribution is -0.163. The van der Waals surface area contributed by atoms with Crippen molar-refractivity contribution >= 4 is 29.2 Å². The second kappa shape index (κ2) is 16.7. The zero-order chi connectivity index (χ0) is 33.2. The average molecular weight is 664 g/mol. The van der Waals surface area contributed by atoms with Gasteiger partial charge in [-0.25, -0.2) is 9.59 Å². The minimum absolute atomic E-state index is 0.0342. The van der Waals surface area contributed by atoms with Gasteiger partial charge in [-0.2, -0.15) is 0 Å². The molecular formula is C37H45NO8S. The number of carbonyl (C=O) groups excluding carboxylic acids is 2. The molecule has 9 nitrogen and oxygen atoms in total. The zero-order valence-corrected chi connectivity index (χ0v) is 28.0. The summed E-state index contributed by atoms with van der Waals surface area (Å²) in [5.74, 6) is 0.174. The minimum atomic E-state index is -1.08. The number of aliphatic carboxylic acids is 1. The number of carboxylic acids is 1. The molecule has 1 amide bonds. The van der Waals surface area contributed by atoms with Crippen LogP contribution in [0.1, 0.15) is 85.8 Å². The van der Waals surface area contributed by atoms with E-state index in [-0.39, 0.29) is 17.7 Å². The second-order valence-electron chi connectivity index (χ2n) is 12.3. The number of thiophene rings is 1. The van der Waals surface area contributed by atoms with Crippen molar-refractivity contribution in [3.05, 3.63) is 76.0 Å². The number of benzene rings is 2. The summed E-state index contributed by atoms with van der Waals surface area (Å²) in [7, 11) is 3.17. The lowest BCUT2D eigenvalue weighted by Crippen LogP contribution is -2.51. The van der Waals surface area contributed by atoms with Crippen LogP contribution in [-0.2, 0) is 25.5 Å². The fraction of sp³-hybridized carbons (Fsp3) is 0.486. The molecule has 47 heavy (non-hydrogen) atoms. The molecule has 2 aromatic carbocycles. The molecule has 0 bridgehead atoms. The predicted molar refractivity (Wildman–Crippen MR) is 179 cm³/mol. The van der Waals surface area contributed by atoms with Gasteiger partial charge >= 0.3 is 11.9 Å². The quantitative estimate of drug-likeness (QED) is 0.181. The molecule has 0 radical (unpaired) electrons. The number of amides is 1. The highest BCUT2D eigenvalue weighted by Gasteiger charge is 2.41. The molecule has 0 spiro atoms. The van der Waals surface area contributed by atoms with Gasteiger partial charge in [-0.05, 0) is 97.7 Å². The fourth-order valence-electron chi connectivity index (χ4n) is 6.91. The van der Waals surface area contributed by atoms with Crippen LogP contribution in [0.3, 0.4) is 0 Å². The van der Waals surface area contributed by atoms with E-state index < -0.39 is 30.7 Å². The van der Waals surface area contributed by atoms with Crippen LogP contribution in [0.15, 0.2) is 60.0 Å². The largest absolute Gasteiger partial charge is 0.493 e. The number of aryl methyl sites for hydroxylation is 1. The smallest absolute Gasteiger partial charge is 0.341 e. The molecule has 1 saturated heterocycles. The van der Waals surface area contributed by atoms with Crippen molar-refractivity contribution in [1.82, 2.24) is 4.90 Å². The minimum Gasteiger partial charge on any atom is -0.493 e. The van der Waals surface area contributed by atoms with Crippen molar-refractivity contribution in [2.45, 2.75) is 82.3 Å². The number of hydrogen-bond donors (Lipinski definition) is 1. The molecule has 1 saturated carbocycles. The zero-order valence-electron chi connectivity index (χ0n) is 27.2. The Morgan fingerprint density at radius 3 is 2.43 bits per heavy atom. The van der Waals surface area contributed by atoms with Crippen LogP contribution in [0.5, 0.6) is 17.2 Å². The molecule has 10 heteroatoms. The van der Waals surface area contributed by atoms with E-state index in [1.807, 2.05) is 35.7 Å². The Labute approximate surface area is 280 Å². The van der Waals surface area contributed by atoms with Gasteiger partial charge in [0.15, 0.2) is 18.1 Å². The van der Waals surface area contributed by atoms with E-state index in [1.165, 1.54) is 6.42 Å². The Bertz CT molecular complexity index is 1490. The number of nitrogens with zero attached hydrogens (tertiary/aromatic N) is 1. The van der Waals surface area contributed by atoms with Gasteiger partial charge in [-0.1, -0.05) is 43.5 Å². The van der Waals surface area contributed by atoms with Gasteiger partial charge in [0, 0.05) is 11.4 Å². The van der Waals surface area contributed by atoms with Crippen molar-refractivity contribution in [3.63, 3.8) is 0 Å². The molecule has 1 aliphatic heterocycles. The second-order valence-corrected chi connectivity index (χ2v) is 13.3. The van der Waals surface area contributed by atoms with Gasteiger partial charge in [0.05, 0.1) is 20.1 Å². The first-order valence-corrected chi connectivity index (χ1v) is 17.5. The van der Waals surface area contributed by atoms with Crippen LogP contribution >= 0.6 is 11.3 Å². The summed E-state index contributed by atoms with van der Waals surface area (Å²) in [5.41, 5.74) is 1.66. The van der Waals surface area contributed by atoms with E-state index in [1.54, 1.807) is 48.7 Å². The topological polar surface area (TPSA) is 112 Å². The third-order valence-electron chi connectivity index (χ3n) is 9.29. The van der Waals surface area contributed by atoms with Gasteiger partial charge in [0.2, 0.25) is 5.91 Å². The van der Waals surface area contributed by atoms with Crippen LogP contribution < -0.4 is 14.2 Å². The molecule has 5 rings (SSSR count). The number of ether oxygens (including phenoxy) is 4. The molecule has 1 N–H and O–H groups in total. The Morgan fingerprint density at radius 1 is 0.915 bits per heavy atom. The highest BCUT2D eigenvalue weighted by atomic mass is 32.1. The van der Waals surface area contributed by atoms with E-state index in [9.17, 15) is 14.4 Å². The van der Waals surface area contributed by atoms with Crippen molar-refractivity contribution in [2.75, 3.05) is 27.4 Å². The Balaban J connectivity index is 1.38. The van der Waals surface area contributed by atoms with Crippen LogP contribution in [0.25, 0.3) is 0 Å². The normalized spacial score (nSPS) is 18.2. The number of hydrogen-bond acceptors (Lipinski definition) is 8. The molecule has 2 heterocycles. The molecule has 3 atom stereocenters. The Hall–Kier alpha value is -4.05. The molecule has 1 aromatic heterocycles. The van der Waals surface area contributed by atoms with Crippen LogP contribution in [-0.4, -0.2) is 61.3 Å². The Kier molecular flexibility index (Phi) is 12.2. The monoisotopic (exact) mass is 663 g/mol. The number of carboxylic acid groups (broad SMARTS) is 1. The molecule has 2 fully saturated rings. The van der Waals surface area contributed by atoms with E-state index in [4.69, 9.17) is 24.1 Å². The number of carbonyl (C=O) groups is 3. The van der Waals surface area contributed by atoms with E-state index in [0.29, 0.717) is 48.6 Å². The standard InChI is InChI=1S/C37H45NO8S/c1-43-31-19-17-25(22-32(31)44-2)16-18-30(27-12-8-13-28(23-27)45-24-34(39)40)46-37(42)29-14-6-7-20-38(29)36(41)35(33-15-9-21-47-33)26-10-4-3-5-11-26/h8-9,12-13,15,17,19,21-23,26,29-30,35H,3-7,10-11,14,16,18,20,24H2,1-2H3,(H,39,40)/t29-,30+,35+/m0/s1. The maximum Gasteiger partial charge on any atom is 0.341 e. The molecule has 252 valence electrons. The molecular weight excluding hydrogens is 618 g/mol. The SMILES string of the molecule is COc1ccc(CC[C@@H](OC(=O)[C@@H]2CCCCN2C(=O)[C@@H](c2cccs2)C2CCCCC2)c2cccc(OCC(=O)O)c2)cc1OC. The first-order valence-electron chi connectivity index (χ1n) is 16.6. The van der Waals surface area contributed by atoms with Crippen LogP contribution in [0, 0.1) is 5.92 Å². The highest BCUT2D eigenvalue weighted by molar-refractivity contribution is 7.10. The first kappa shape index (κ1) is 34.3. The summed E-state index contributed by atoms with van der Waals surface area (Å²) >= 11 is 1.62. The molecule has 3 aromatic rings. The molecule has 1 aliphatic carbocycles.